The molecule has 0 radical (unpaired) electrons. The molecule has 0 aliphatic carbocycles. The molecule has 0 aliphatic rings. The van der Waals surface area contributed by atoms with Gasteiger partial charge in [-0.05, 0) is 6.42 Å². The molecule has 0 fully saturated rings. The summed E-state index contributed by atoms with van der Waals surface area (Å²) < 4.78 is 14.0. The number of rotatable bonds is 9. The minimum absolute atomic E-state index is 0.0754. The molecule has 0 saturated carbocycles. The van der Waals surface area contributed by atoms with Crippen molar-refractivity contribution in [3.63, 3.8) is 0 Å². The van der Waals surface area contributed by atoms with Gasteiger partial charge >= 0.3 is 11.9 Å². The first-order valence-corrected chi connectivity index (χ1v) is 5.13. The predicted octanol–water partition coefficient (Wildman–Crippen LogP) is 0.657. The molecule has 0 bridgehead atoms. The Labute approximate surface area is 100 Å². The maximum absolute atomic E-state index is 11.2. The number of carbonyl (C=O) groups excluding carboxylic acids is 1. The third-order valence-electron chi connectivity index (χ3n) is 1.76. The van der Waals surface area contributed by atoms with E-state index in [1.54, 1.807) is 6.92 Å². The van der Waals surface area contributed by atoms with Gasteiger partial charge in [-0.15, -0.1) is 0 Å². The van der Waals surface area contributed by atoms with E-state index in [1.165, 1.54) is 0 Å². The molecule has 6 heteroatoms. The summed E-state index contributed by atoms with van der Waals surface area (Å²) >= 11 is 0. The van der Waals surface area contributed by atoms with Crippen LogP contribution in [-0.2, 0) is 19.0 Å². The van der Waals surface area contributed by atoms with Gasteiger partial charge in [-0.2, -0.15) is 0 Å². The first kappa shape index (κ1) is 15.5. The van der Waals surface area contributed by atoms with E-state index in [4.69, 9.17) is 9.47 Å². The molecule has 98 valence electrons. The van der Waals surface area contributed by atoms with Crippen molar-refractivity contribution in [3.05, 3.63) is 25.7 Å². The van der Waals surface area contributed by atoms with E-state index in [-0.39, 0.29) is 13.0 Å². The summed E-state index contributed by atoms with van der Waals surface area (Å²) in [5, 5.41) is 19.1. The van der Waals surface area contributed by atoms with Gasteiger partial charge in [0.25, 0.3) is 0 Å². The number of carbonyl (C=O) groups is 1. The molecule has 1 unspecified atom stereocenters. The summed E-state index contributed by atoms with van der Waals surface area (Å²) in [6.07, 6.45) is 1.39. The van der Waals surface area contributed by atoms with Crippen molar-refractivity contribution in [2.75, 3.05) is 6.61 Å². The summed E-state index contributed by atoms with van der Waals surface area (Å²) in [5.74, 6) is -3.52. The number of hydrogen-bond donors (Lipinski definition) is 2. The lowest BCUT2D eigenvalue weighted by molar-refractivity contribution is -0.361. The summed E-state index contributed by atoms with van der Waals surface area (Å²) in [4.78, 5) is 11.2. The van der Waals surface area contributed by atoms with Crippen LogP contribution in [0.2, 0.25) is 0 Å². The molecule has 0 aromatic rings. The Bertz CT molecular complexity index is 261. The standard InChI is InChI=1S/C11H18O6/c1-4-7-10(12)17-11(13,14)9(16-6-3)8-15-5-2/h5-6,9,13-14H,2-4,7-8H2,1H3. The SMILES string of the molecule is C=COCC(OC=C)C(O)(O)OC(=O)CCC. The molecule has 0 aliphatic heterocycles. The van der Waals surface area contributed by atoms with Crippen LogP contribution in [0.3, 0.4) is 0 Å². The van der Waals surface area contributed by atoms with Crippen molar-refractivity contribution in [1.29, 1.82) is 0 Å². The van der Waals surface area contributed by atoms with Crippen LogP contribution in [0, 0.1) is 0 Å². The molecule has 0 spiro atoms. The van der Waals surface area contributed by atoms with Crippen molar-refractivity contribution < 1.29 is 29.2 Å². The highest BCUT2D eigenvalue weighted by Gasteiger charge is 2.41. The Morgan fingerprint density at radius 3 is 2.53 bits per heavy atom. The Balaban J connectivity index is 4.50. The predicted molar refractivity (Wildman–Crippen MR) is 59.4 cm³/mol. The van der Waals surface area contributed by atoms with E-state index in [0.717, 1.165) is 12.5 Å². The maximum atomic E-state index is 11.2. The van der Waals surface area contributed by atoms with Crippen LogP contribution >= 0.6 is 0 Å². The average Bonchev–Trinajstić information content (AvgIpc) is 2.23. The summed E-state index contributed by atoms with van der Waals surface area (Å²) in [7, 11) is 0. The molecular formula is C11H18O6. The van der Waals surface area contributed by atoms with Crippen LogP contribution in [0.25, 0.3) is 0 Å². The van der Waals surface area contributed by atoms with Gasteiger partial charge in [0, 0.05) is 6.42 Å². The molecule has 0 aromatic carbocycles. The van der Waals surface area contributed by atoms with Gasteiger partial charge < -0.3 is 24.4 Å². The Morgan fingerprint density at radius 1 is 1.41 bits per heavy atom. The second-order valence-electron chi connectivity index (χ2n) is 3.17. The summed E-state index contributed by atoms with van der Waals surface area (Å²) in [6, 6.07) is 0. The van der Waals surface area contributed by atoms with Crippen molar-refractivity contribution in [2.24, 2.45) is 0 Å². The molecule has 6 nitrogen and oxygen atoms in total. The monoisotopic (exact) mass is 246 g/mol. The van der Waals surface area contributed by atoms with E-state index >= 15 is 0 Å². The minimum Gasteiger partial charge on any atom is -0.498 e. The van der Waals surface area contributed by atoms with Crippen LogP contribution in [0.15, 0.2) is 25.7 Å². The molecule has 0 amide bonds. The fourth-order valence-electron chi connectivity index (χ4n) is 0.996. The largest absolute Gasteiger partial charge is 0.498 e. The first-order valence-electron chi connectivity index (χ1n) is 5.13. The van der Waals surface area contributed by atoms with E-state index in [2.05, 4.69) is 17.9 Å². The van der Waals surface area contributed by atoms with Gasteiger partial charge in [0.15, 0.2) is 0 Å². The number of ether oxygens (including phenoxy) is 3. The summed E-state index contributed by atoms with van der Waals surface area (Å²) in [5.41, 5.74) is 0. The second-order valence-corrected chi connectivity index (χ2v) is 3.17. The molecule has 0 aromatic heterocycles. The zero-order chi connectivity index (χ0) is 13.3. The lowest BCUT2D eigenvalue weighted by Gasteiger charge is -2.28. The lowest BCUT2D eigenvalue weighted by Crippen LogP contribution is -2.49. The van der Waals surface area contributed by atoms with E-state index in [0.29, 0.717) is 6.42 Å². The van der Waals surface area contributed by atoms with Gasteiger partial charge in [0.05, 0.1) is 12.5 Å². The van der Waals surface area contributed by atoms with E-state index < -0.39 is 18.0 Å². The van der Waals surface area contributed by atoms with Crippen molar-refractivity contribution in [3.8, 4) is 0 Å². The van der Waals surface area contributed by atoms with Crippen molar-refractivity contribution in [1.82, 2.24) is 0 Å². The van der Waals surface area contributed by atoms with Crippen LogP contribution in [0.4, 0.5) is 0 Å². The third kappa shape index (κ3) is 5.94. The highest BCUT2D eigenvalue weighted by molar-refractivity contribution is 5.69. The maximum Gasteiger partial charge on any atom is 0.366 e. The topological polar surface area (TPSA) is 85.2 Å². The van der Waals surface area contributed by atoms with Gasteiger partial charge in [0.2, 0.25) is 6.10 Å². The fourth-order valence-corrected chi connectivity index (χ4v) is 0.996. The van der Waals surface area contributed by atoms with Crippen molar-refractivity contribution >= 4 is 5.97 Å². The molecule has 0 rings (SSSR count). The zero-order valence-electron chi connectivity index (χ0n) is 9.80. The van der Waals surface area contributed by atoms with Gasteiger partial charge in [0.1, 0.15) is 6.61 Å². The highest BCUT2D eigenvalue weighted by Crippen LogP contribution is 2.15. The normalized spacial score (nSPS) is 12.4. The van der Waals surface area contributed by atoms with Crippen LogP contribution in [0.1, 0.15) is 19.8 Å². The van der Waals surface area contributed by atoms with E-state index in [9.17, 15) is 15.0 Å². The summed E-state index contributed by atoms with van der Waals surface area (Å²) in [6.45, 7) is 8.07. The third-order valence-corrected chi connectivity index (χ3v) is 1.76. The minimum atomic E-state index is -2.77. The lowest BCUT2D eigenvalue weighted by atomic mass is 10.3. The smallest absolute Gasteiger partial charge is 0.366 e. The van der Waals surface area contributed by atoms with Crippen molar-refractivity contribution in [2.45, 2.75) is 31.8 Å². The quantitative estimate of drug-likeness (QED) is 0.353. The Hall–Kier alpha value is -1.53. The fraction of sp³-hybridized carbons (Fsp3) is 0.545. The van der Waals surface area contributed by atoms with Crippen LogP contribution in [-0.4, -0.2) is 34.9 Å². The van der Waals surface area contributed by atoms with Gasteiger partial charge in [-0.25, -0.2) is 0 Å². The Kier molecular flexibility index (Phi) is 7.00. The molecule has 2 N–H and O–H groups in total. The average molecular weight is 246 g/mol. The number of hydrogen-bond acceptors (Lipinski definition) is 6. The van der Waals surface area contributed by atoms with Crippen LogP contribution in [0.5, 0.6) is 0 Å². The van der Waals surface area contributed by atoms with Gasteiger partial charge in [-0.3, -0.25) is 4.79 Å². The highest BCUT2D eigenvalue weighted by atomic mass is 16.8. The molecular weight excluding hydrogens is 228 g/mol. The van der Waals surface area contributed by atoms with Crippen LogP contribution < -0.4 is 0 Å². The second kappa shape index (κ2) is 7.70. The molecule has 1 atom stereocenters. The number of esters is 1. The Morgan fingerprint density at radius 2 is 2.06 bits per heavy atom. The molecule has 0 heterocycles. The van der Waals surface area contributed by atoms with Gasteiger partial charge in [-0.1, -0.05) is 20.1 Å². The zero-order valence-corrected chi connectivity index (χ0v) is 9.80. The number of aliphatic hydroxyl groups is 2. The molecule has 0 saturated heterocycles. The first-order chi connectivity index (χ1) is 7.97. The molecule has 17 heavy (non-hydrogen) atoms. The van der Waals surface area contributed by atoms with E-state index in [1.807, 2.05) is 0 Å².